The minimum Gasteiger partial charge on any atom is -0.462 e. The van der Waals surface area contributed by atoms with Gasteiger partial charge in [0, 0.05) is 33.1 Å². The topological polar surface area (TPSA) is 72.8 Å². The van der Waals surface area contributed by atoms with Gasteiger partial charge in [-0.3, -0.25) is 9.59 Å². The van der Waals surface area contributed by atoms with Crippen molar-refractivity contribution in [3.05, 3.63) is 35.5 Å². The van der Waals surface area contributed by atoms with E-state index in [2.05, 4.69) is 44.4 Å². The third-order valence-corrected chi connectivity index (χ3v) is 8.41. The molecule has 0 aromatic rings. The molecule has 3 saturated carbocycles. The third-order valence-electron chi connectivity index (χ3n) is 8.41. The van der Waals surface area contributed by atoms with E-state index in [1.807, 2.05) is 0 Å². The summed E-state index contributed by atoms with van der Waals surface area (Å²) in [6.07, 6.45) is 11.3. The van der Waals surface area contributed by atoms with Crippen molar-refractivity contribution in [1.29, 1.82) is 0 Å². The molecule has 6 atom stereocenters. The highest BCUT2D eigenvalue weighted by Gasteiger charge is 2.50. The van der Waals surface area contributed by atoms with Crippen LogP contribution in [0.4, 0.5) is 0 Å². The first-order valence-corrected chi connectivity index (χ1v) is 13.5. The summed E-state index contributed by atoms with van der Waals surface area (Å²) in [7, 11) is 0. The smallest absolute Gasteiger partial charge is 0.303 e. The Hall–Kier alpha value is -2.32. The van der Waals surface area contributed by atoms with Crippen LogP contribution < -0.4 is 0 Å². The summed E-state index contributed by atoms with van der Waals surface area (Å²) in [5.41, 5.74) is 2.58. The zero-order valence-electron chi connectivity index (χ0n) is 23.0. The molecule has 5 heteroatoms. The Labute approximate surface area is 217 Å². The fourth-order valence-electron chi connectivity index (χ4n) is 6.86. The summed E-state index contributed by atoms with van der Waals surface area (Å²) in [5.74, 6) is 7.16. The van der Waals surface area contributed by atoms with Gasteiger partial charge in [0.15, 0.2) is 0 Å². The van der Waals surface area contributed by atoms with E-state index in [1.54, 1.807) is 13.8 Å². The molecule has 0 amide bonds. The molecule has 0 aromatic carbocycles. The molecule has 3 aliphatic carbocycles. The van der Waals surface area contributed by atoms with Gasteiger partial charge in [0.05, 0.1) is 0 Å². The highest BCUT2D eigenvalue weighted by atomic mass is 16.6. The molecule has 3 fully saturated rings. The lowest BCUT2D eigenvalue weighted by atomic mass is 9.61. The summed E-state index contributed by atoms with van der Waals surface area (Å²) in [6, 6.07) is 0. The van der Waals surface area contributed by atoms with Crippen LogP contribution in [0.5, 0.6) is 0 Å². The van der Waals surface area contributed by atoms with Crippen molar-refractivity contribution < 1.29 is 24.2 Å². The first-order chi connectivity index (χ1) is 16.8. The minimum absolute atomic E-state index is 0.253. The van der Waals surface area contributed by atoms with E-state index < -0.39 is 11.7 Å². The van der Waals surface area contributed by atoms with E-state index in [-0.39, 0.29) is 23.5 Å². The van der Waals surface area contributed by atoms with E-state index in [0.29, 0.717) is 30.6 Å². The maximum atomic E-state index is 11.6. The number of fused-ring (bicyclic) bond motifs is 1. The average molecular weight is 497 g/mol. The van der Waals surface area contributed by atoms with Crippen LogP contribution in [0.1, 0.15) is 92.9 Å². The number of aliphatic hydroxyl groups is 1. The van der Waals surface area contributed by atoms with Crippen molar-refractivity contribution in [2.45, 2.75) is 111 Å². The van der Waals surface area contributed by atoms with Crippen LogP contribution in [0.25, 0.3) is 0 Å². The molecule has 3 rings (SSSR count). The number of hydrogen-bond donors (Lipinski definition) is 1. The van der Waals surface area contributed by atoms with Gasteiger partial charge < -0.3 is 14.6 Å². The normalized spacial score (nSPS) is 33.5. The summed E-state index contributed by atoms with van der Waals surface area (Å²) in [6.45, 7) is 15.3. The highest BCUT2D eigenvalue weighted by molar-refractivity contribution is 5.67. The molecular formula is C31H44O5. The Morgan fingerprint density at radius 3 is 2.56 bits per heavy atom. The number of rotatable bonds is 5. The van der Waals surface area contributed by atoms with Crippen LogP contribution in [0, 0.1) is 35.0 Å². The second-order valence-corrected chi connectivity index (χ2v) is 11.9. The lowest BCUT2D eigenvalue weighted by molar-refractivity contribution is -0.152. The van der Waals surface area contributed by atoms with E-state index >= 15 is 0 Å². The Morgan fingerprint density at radius 1 is 1.22 bits per heavy atom. The molecule has 1 N–H and O–H groups in total. The minimum atomic E-state index is -0.942. The number of allylic oxidation sites excluding steroid dienone is 3. The van der Waals surface area contributed by atoms with Crippen LogP contribution in [0.2, 0.25) is 0 Å². The summed E-state index contributed by atoms with van der Waals surface area (Å²) >= 11 is 0. The number of esters is 2. The number of ether oxygens (including phenoxy) is 2. The van der Waals surface area contributed by atoms with E-state index in [9.17, 15) is 14.7 Å². The molecule has 3 aliphatic rings. The lowest BCUT2D eigenvalue weighted by Gasteiger charge is -2.44. The first kappa shape index (κ1) is 28.3. The van der Waals surface area contributed by atoms with Crippen LogP contribution in [-0.4, -0.2) is 34.9 Å². The van der Waals surface area contributed by atoms with E-state index in [1.165, 1.54) is 45.1 Å². The molecule has 0 bridgehead atoms. The molecule has 0 aromatic heterocycles. The number of carbonyl (C=O) groups is 2. The first-order valence-electron chi connectivity index (χ1n) is 13.5. The zero-order chi connectivity index (χ0) is 26.7. The quantitative estimate of drug-likeness (QED) is 0.369. The van der Waals surface area contributed by atoms with Crippen LogP contribution in [0.15, 0.2) is 35.5 Å². The Kier molecular flexibility index (Phi) is 8.93. The standard InChI is InChI=1S/C31H44O5/c1-20(10-8-16-30(5,6)34)27-14-15-28-24(11-9-17-31(27,28)7)12-13-25-18-26(35-22(3)32)19-29(21(25)2)36-23(4)33/h12-13,20,26-29,34H,2,9-11,14-15,17-19H2,1,3-7H3/b24-12+,25-13-/t20-,26-,27-,28+,29+,31-/m1/s1. The Balaban J connectivity index is 1.79. The van der Waals surface area contributed by atoms with Crippen molar-refractivity contribution in [1.82, 2.24) is 0 Å². The number of carbonyl (C=O) groups excluding carboxylic acids is 2. The van der Waals surface area contributed by atoms with Crippen molar-refractivity contribution in [3.8, 4) is 11.8 Å². The van der Waals surface area contributed by atoms with Crippen molar-refractivity contribution in [3.63, 3.8) is 0 Å². The second-order valence-electron chi connectivity index (χ2n) is 11.9. The van der Waals surface area contributed by atoms with Crippen LogP contribution in [0.3, 0.4) is 0 Å². The van der Waals surface area contributed by atoms with E-state index in [0.717, 1.165) is 24.0 Å². The molecule has 0 spiro atoms. The monoisotopic (exact) mass is 496 g/mol. The molecule has 0 heterocycles. The Morgan fingerprint density at radius 2 is 1.92 bits per heavy atom. The second kappa shape index (κ2) is 11.4. The summed E-state index contributed by atoms with van der Waals surface area (Å²) in [5, 5.41) is 9.93. The van der Waals surface area contributed by atoms with Crippen molar-refractivity contribution >= 4 is 11.9 Å². The van der Waals surface area contributed by atoms with Gasteiger partial charge in [-0.25, -0.2) is 0 Å². The molecule has 5 nitrogen and oxygen atoms in total. The fourth-order valence-corrected chi connectivity index (χ4v) is 6.86. The van der Waals surface area contributed by atoms with Crippen molar-refractivity contribution in [2.24, 2.45) is 23.2 Å². The van der Waals surface area contributed by atoms with Gasteiger partial charge in [-0.05, 0) is 80.3 Å². The largest absolute Gasteiger partial charge is 0.462 e. The summed E-state index contributed by atoms with van der Waals surface area (Å²) in [4.78, 5) is 23.2. The zero-order valence-corrected chi connectivity index (χ0v) is 23.0. The lowest BCUT2D eigenvalue weighted by Crippen LogP contribution is -2.36. The molecule has 36 heavy (non-hydrogen) atoms. The van der Waals surface area contributed by atoms with E-state index in [4.69, 9.17) is 9.47 Å². The third kappa shape index (κ3) is 6.91. The van der Waals surface area contributed by atoms with Gasteiger partial charge in [-0.1, -0.05) is 44.1 Å². The van der Waals surface area contributed by atoms with Gasteiger partial charge in [0.1, 0.15) is 17.8 Å². The highest BCUT2D eigenvalue weighted by Crippen LogP contribution is 2.59. The molecule has 0 radical (unpaired) electrons. The Bertz CT molecular complexity index is 985. The predicted octanol–water partition coefficient (Wildman–Crippen LogP) is 6.07. The summed E-state index contributed by atoms with van der Waals surface area (Å²) < 4.78 is 11.0. The predicted molar refractivity (Wildman–Crippen MR) is 142 cm³/mol. The maximum Gasteiger partial charge on any atom is 0.303 e. The van der Waals surface area contributed by atoms with Gasteiger partial charge in [0.2, 0.25) is 0 Å². The average Bonchev–Trinajstić information content (AvgIpc) is 3.10. The SMILES string of the molecule is C=C1/C(=C\C=C2/CCC[C@]3(C)[C@@H]([C@H](C)CC#CC(C)(C)O)CC[C@@H]23)C[C@@H](OC(C)=O)C[C@@H]1OC(C)=O. The molecular weight excluding hydrogens is 452 g/mol. The van der Waals surface area contributed by atoms with Crippen LogP contribution in [-0.2, 0) is 19.1 Å². The van der Waals surface area contributed by atoms with Crippen molar-refractivity contribution in [2.75, 3.05) is 0 Å². The van der Waals surface area contributed by atoms with Gasteiger partial charge in [0.25, 0.3) is 0 Å². The molecule has 198 valence electrons. The molecule has 0 aliphatic heterocycles. The number of hydrogen-bond acceptors (Lipinski definition) is 5. The van der Waals surface area contributed by atoms with Gasteiger partial charge >= 0.3 is 11.9 Å². The van der Waals surface area contributed by atoms with Gasteiger partial charge in [-0.15, -0.1) is 5.92 Å². The fraction of sp³-hybridized carbons (Fsp3) is 0.677. The van der Waals surface area contributed by atoms with Crippen LogP contribution >= 0.6 is 0 Å². The van der Waals surface area contributed by atoms with Gasteiger partial charge in [-0.2, -0.15) is 0 Å². The molecule has 0 unspecified atom stereocenters. The molecule has 0 saturated heterocycles. The maximum absolute atomic E-state index is 11.6.